The van der Waals surface area contributed by atoms with Gasteiger partial charge in [-0.1, -0.05) is 116 Å². The van der Waals surface area contributed by atoms with Gasteiger partial charge >= 0.3 is 7.82 Å². The van der Waals surface area contributed by atoms with Crippen LogP contribution in [0.2, 0.25) is 0 Å². The molecule has 0 bridgehead atoms. The number of allylic oxidation sites excluding steroid dienone is 2. The topological polar surface area (TPSA) is 113 Å². The van der Waals surface area contributed by atoms with E-state index in [0.717, 1.165) is 57.8 Å². The monoisotopic (exact) mass is 521 g/mol. The molecule has 0 radical (unpaired) electrons. The van der Waals surface area contributed by atoms with Gasteiger partial charge in [0.25, 0.3) is 0 Å². The Kier molecular flexibility index (Phi) is 28.3. The molecule has 0 rings (SSSR count). The van der Waals surface area contributed by atoms with Crippen LogP contribution in [0.15, 0.2) is 12.2 Å². The normalized spacial score (nSPS) is 12.2. The lowest BCUT2D eigenvalue weighted by Crippen LogP contribution is -2.37. The summed E-state index contributed by atoms with van der Waals surface area (Å²) in [4.78, 5) is 17.1. The lowest BCUT2D eigenvalue weighted by molar-refractivity contribution is 0.0273. The van der Waals surface area contributed by atoms with Gasteiger partial charge < -0.3 is 20.6 Å². The maximum Gasteiger partial charge on any atom is 0.469 e. The summed E-state index contributed by atoms with van der Waals surface area (Å²) in [6, 6.07) is 0. The van der Waals surface area contributed by atoms with E-state index in [0.29, 0.717) is 6.54 Å². The zero-order valence-corrected chi connectivity index (χ0v) is 24.3. The second kappa shape index (κ2) is 26.8. The van der Waals surface area contributed by atoms with E-state index in [1.54, 1.807) is 0 Å². The fraction of sp³-hybridized carbons (Fsp3) is 0.929. The Morgan fingerprint density at radius 2 is 1.09 bits per heavy atom. The molecule has 0 atom stereocenters. The molecule has 0 aromatic heterocycles. The largest absolute Gasteiger partial charge is 0.469 e. The van der Waals surface area contributed by atoms with Crippen LogP contribution >= 0.6 is 7.82 Å². The zero-order chi connectivity index (χ0) is 26.7. The molecule has 35 heavy (non-hydrogen) atoms. The third-order valence-electron chi connectivity index (χ3n) is 6.29. The van der Waals surface area contributed by atoms with Crippen molar-refractivity contribution < 1.29 is 24.0 Å². The number of hydrogen-bond donors (Lipinski definition) is 4. The van der Waals surface area contributed by atoms with E-state index in [9.17, 15) is 9.67 Å². The van der Waals surface area contributed by atoms with E-state index in [1.807, 2.05) is 0 Å². The van der Waals surface area contributed by atoms with Gasteiger partial charge in [-0.2, -0.15) is 0 Å². The Morgan fingerprint density at radius 3 is 1.49 bits per heavy atom. The SMILES string of the molecule is CCCCC(O)(CN)CCCC.CCCCCCCC/C=C\CCCCCCCCOP(=O)(O)O. The van der Waals surface area contributed by atoms with Crippen LogP contribution in [0.4, 0.5) is 0 Å². The molecule has 0 saturated heterocycles. The maximum absolute atomic E-state index is 10.5. The lowest BCUT2D eigenvalue weighted by Gasteiger charge is -2.26. The number of nitrogens with two attached hydrogens (primary N) is 1. The molecule has 0 aromatic carbocycles. The number of phosphoric ester groups is 1. The van der Waals surface area contributed by atoms with E-state index < -0.39 is 13.4 Å². The first-order valence-electron chi connectivity index (χ1n) is 14.5. The van der Waals surface area contributed by atoms with Crippen molar-refractivity contribution in [3.63, 3.8) is 0 Å². The van der Waals surface area contributed by atoms with Crippen molar-refractivity contribution in [2.75, 3.05) is 13.2 Å². The zero-order valence-electron chi connectivity index (χ0n) is 23.4. The van der Waals surface area contributed by atoms with Gasteiger partial charge in [0.2, 0.25) is 0 Å². The third kappa shape index (κ3) is 31.7. The standard InChI is InChI=1S/C18H37O4P.C10H23NO/c1-2-3-4-5-6-7-8-9-10-11-12-13-14-15-16-17-18-22-23(19,20)21;1-3-5-7-10(12,9-11)8-6-4-2/h9-10H,2-8,11-18H2,1H3,(H2,19,20,21);12H,3-9,11H2,1-2H3/b10-9-;. The van der Waals surface area contributed by atoms with E-state index >= 15 is 0 Å². The van der Waals surface area contributed by atoms with Crippen LogP contribution in [-0.4, -0.2) is 33.6 Å². The molecule has 0 spiro atoms. The molecule has 0 fully saturated rings. The first-order chi connectivity index (χ1) is 16.7. The molecule has 0 aliphatic heterocycles. The van der Waals surface area contributed by atoms with Crippen LogP contribution in [0.25, 0.3) is 0 Å². The van der Waals surface area contributed by atoms with E-state index in [4.69, 9.17) is 15.5 Å². The molecule has 5 N–H and O–H groups in total. The van der Waals surface area contributed by atoms with Crippen LogP contribution in [0.5, 0.6) is 0 Å². The molecule has 0 aromatic rings. The average molecular weight is 522 g/mol. The van der Waals surface area contributed by atoms with Crippen LogP contribution in [0.1, 0.15) is 149 Å². The summed E-state index contributed by atoms with van der Waals surface area (Å²) in [5.41, 5.74) is 4.96. The predicted molar refractivity (Wildman–Crippen MR) is 151 cm³/mol. The molecular formula is C28H60NO5P. The average Bonchev–Trinajstić information content (AvgIpc) is 2.83. The smallest absolute Gasteiger partial charge is 0.389 e. The summed E-state index contributed by atoms with van der Waals surface area (Å²) >= 11 is 0. The highest BCUT2D eigenvalue weighted by atomic mass is 31.2. The number of aliphatic hydroxyl groups is 1. The minimum Gasteiger partial charge on any atom is -0.389 e. The van der Waals surface area contributed by atoms with Crippen molar-refractivity contribution in [3.05, 3.63) is 12.2 Å². The van der Waals surface area contributed by atoms with Crippen molar-refractivity contribution in [3.8, 4) is 0 Å². The highest BCUT2D eigenvalue weighted by Crippen LogP contribution is 2.35. The Bertz CT molecular complexity index is 488. The molecule has 7 heteroatoms. The summed E-state index contributed by atoms with van der Waals surface area (Å²) in [5, 5.41) is 9.96. The predicted octanol–water partition coefficient (Wildman–Crippen LogP) is 8.19. The second-order valence-electron chi connectivity index (χ2n) is 9.90. The Morgan fingerprint density at radius 1 is 0.686 bits per heavy atom. The van der Waals surface area contributed by atoms with Gasteiger partial charge in [-0.05, 0) is 44.9 Å². The van der Waals surface area contributed by atoms with Gasteiger partial charge in [0.15, 0.2) is 0 Å². The van der Waals surface area contributed by atoms with Crippen LogP contribution in [0, 0.1) is 0 Å². The molecule has 0 saturated carbocycles. The Balaban J connectivity index is 0. The van der Waals surface area contributed by atoms with E-state index in [2.05, 4.69) is 37.4 Å². The van der Waals surface area contributed by atoms with Crippen LogP contribution < -0.4 is 5.73 Å². The Hall–Kier alpha value is -0.230. The number of phosphoric acid groups is 1. The third-order valence-corrected chi connectivity index (χ3v) is 6.81. The van der Waals surface area contributed by atoms with Gasteiger partial charge in [0, 0.05) is 6.54 Å². The van der Waals surface area contributed by atoms with Gasteiger partial charge in [0.1, 0.15) is 0 Å². The fourth-order valence-corrected chi connectivity index (χ4v) is 4.24. The summed E-state index contributed by atoms with van der Waals surface area (Å²) in [5.74, 6) is 0. The summed E-state index contributed by atoms with van der Waals surface area (Å²) in [6.07, 6.45) is 27.9. The maximum atomic E-state index is 10.5. The molecule has 6 nitrogen and oxygen atoms in total. The summed E-state index contributed by atoms with van der Waals surface area (Å²) in [6.45, 7) is 7.09. The highest BCUT2D eigenvalue weighted by molar-refractivity contribution is 7.46. The minimum absolute atomic E-state index is 0.158. The van der Waals surface area contributed by atoms with Gasteiger partial charge in [0.05, 0.1) is 12.2 Å². The molecule has 212 valence electrons. The molecule has 0 heterocycles. The van der Waals surface area contributed by atoms with Crippen LogP contribution in [0.3, 0.4) is 0 Å². The van der Waals surface area contributed by atoms with Crippen LogP contribution in [-0.2, 0) is 9.09 Å². The number of hydrogen-bond acceptors (Lipinski definition) is 4. The lowest BCUT2D eigenvalue weighted by atomic mass is 9.91. The highest BCUT2D eigenvalue weighted by Gasteiger charge is 2.22. The molecule has 0 aliphatic carbocycles. The molecule has 0 aliphatic rings. The van der Waals surface area contributed by atoms with Gasteiger partial charge in [-0.3, -0.25) is 4.52 Å². The first-order valence-corrected chi connectivity index (χ1v) is 16.0. The minimum atomic E-state index is -4.26. The fourth-order valence-electron chi connectivity index (χ4n) is 3.87. The van der Waals surface area contributed by atoms with E-state index in [-0.39, 0.29) is 6.61 Å². The van der Waals surface area contributed by atoms with Crippen molar-refractivity contribution in [2.24, 2.45) is 5.73 Å². The molecule has 0 unspecified atom stereocenters. The number of unbranched alkanes of at least 4 members (excludes halogenated alkanes) is 14. The van der Waals surface area contributed by atoms with Crippen molar-refractivity contribution >= 4 is 7.82 Å². The number of rotatable bonds is 24. The first kappa shape index (κ1) is 36.9. The van der Waals surface area contributed by atoms with Crippen molar-refractivity contribution in [1.29, 1.82) is 0 Å². The quantitative estimate of drug-likeness (QED) is 0.0578. The molecule has 0 amide bonds. The second-order valence-corrected chi connectivity index (χ2v) is 11.1. The van der Waals surface area contributed by atoms with E-state index in [1.165, 1.54) is 70.6 Å². The Labute approximate surface area is 217 Å². The molecular weight excluding hydrogens is 461 g/mol. The van der Waals surface area contributed by atoms with Gasteiger partial charge in [-0.25, -0.2) is 4.57 Å². The summed E-state index contributed by atoms with van der Waals surface area (Å²) < 4.78 is 14.9. The summed E-state index contributed by atoms with van der Waals surface area (Å²) in [7, 11) is -4.26. The van der Waals surface area contributed by atoms with Gasteiger partial charge in [-0.15, -0.1) is 0 Å². The van der Waals surface area contributed by atoms with Crippen molar-refractivity contribution in [1.82, 2.24) is 0 Å². The van der Waals surface area contributed by atoms with Crippen molar-refractivity contribution in [2.45, 2.75) is 155 Å².